The van der Waals surface area contributed by atoms with Gasteiger partial charge in [0.25, 0.3) is 0 Å². The molecular formula is F4OW. The molecule has 0 aliphatic rings. The third-order valence-corrected chi connectivity index (χ3v) is 0. The van der Waals surface area contributed by atoms with Crippen molar-refractivity contribution in [2.24, 2.45) is 0 Å². The minimum absolute atomic E-state index is 0. The predicted octanol–water partition coefficient (Wildman–Crippen LogP) is -12.1. The van der Waals surface area contributed by atoms with Gasteiger partial charge in [-0.3, -0.25) is 0 Å². The van der Waals surface area contributed by atoms with E-state index < -0.39 is 0 Å². The number of rotatable bonds is 0. The van der Waals surface area contributed by atoms with Gasteiger partial charge in [0.2, 0.25) is 0 Å². The molecule has 0 aromatic heterocycles. The van der Waals surface area contributed by atoms with E-state index in [-0.39, 0.29) is 45.4 Å². The van der Waals surface area contributed by atoms with Crippen molar-refractivity contribution in [2.75, 3.05) is 0 Å². The smallest absolute Gasteiger partial charge is 2.00 e. The van der Waals surface area contributed by atoms with E-state index in [0.717, 1.165) is 0 Å². The van der Waals surface area contributed by atoms with Crippen molar-refractivity contribution in [3.05, 3.63) is 0 Å². The van der Waals surface area contributed by atoms with Gasteiger partial charge in [0.1, 0.15) is 0 Å². The van der Waals surface area contributed by atoms with Crippen molar-refractivity contribution < 1.29 is 45.4 Å². The minimum atomic E-state index is 0. The quantitative estimate of drug-likeness (QED) is 0.393. The maximum atomic E-state index is 0. The summed E-state index contributed by atoms with van der Waals surface area (Å²) in [7, 11) is 0. The van der Waals surface area contributed by atoms with Crippen molar-refractivity contribution >= 4 is 0 Å². The Labute approximate surface area is 46.2 Å². The van der Waals surface area contributed by atoms with E-state index in [1.807, 2.05) is 0 Å². The molecule has 0 bridgehead atoms. The molecule has 0 aromatic rings. The van der Waals surface area contributed by atoms with Crippen LogP contribution in [-0.2, 0) is 26.5 Å². The first-order chi connectivity index (χ1) is 0. The molecule has 0 aromatic carbocycles. The first-order valence-electron chi connectivity index (χ1n) is 0. The molecule has 0 heterocycles. The van der Waals surface area contributed by atoms with E-state index in [2.05, 4.69) is 0 Å². The van der Waals surface area contributed by atoms with E-state index in [0.29, 0.717) is 0 Å². The predicted molar refractivity (Wildman–Crippen MR) is 0.686 cm³/mol. The SMILES string of the molecule is [F-].[F-].[F-].[F-].[O-2].[W+6]. The zero-order valence-corrected chi connectivity index (χ0v) is 5.26. The maximum absolute atomic E-state index is 0. The standard InChI is InChI=1S/4FH.O.W/h4*1H;;/q;;;;-2;+6/p-4. The molecular weight excluding hydrogens is 276 g/mol. The summed E-state index contributed by atoms with van der Waals surface area (Å²) in [5.41, 5.74) is 0. The van der Waals surface area contributed by atoms with Gasteiger partial charge in [-0.1, -0.05) is 0 Å². The van der Waals surface area contributed by atoms with Crippen LogP contribution >= 0.6 is 0 Å². The van der Waals surface area contributed by atoms with Gasteiger partial charge in [0.05, 0.1) is 0 Å². The average molecular weight is 276 g/mol. The molecule has 0 atom stereocenters. The minimum Gasteiger partial charge on any atom is -2.00 e. The van der Waals surface area contributed by atoms with E-state index >= 15 is 0 Å². The van der Waals surface area contributed by atoms with Gasteiger partial charge in [-0.05, 0) is 0 Å². The van der Waals surface area contributed by atoms with E-state index in [1.165, 1.54) is 0 Å². The van der Waals surface area contributed by atoms with Gasteiger partial charge >= 0.3 is 21.1 Å². The van der Waals surface area contributed by atoms with Crippen molar-refractivity contribution in [1.82, 2.24) is 0 Å². The fourth-order valence-electron chi connectivity index (χ4n) is 0. The fourth-order valence-corrected chi connectivity index (χ4v) is 0. The fraction of sp³-hybridized carbons (Fsp3) is 0. The van der Waals surface area contributed by atoms with Crippen LogP contribution in [0.3, 0.4) is 0 Å². The van der Waals surface area contributed by atoms with Crippen molar-refractivity contribution in [1.29, 1.82) is 0 Å². The molecule has 0 aliphatic carbocycles. The van der Waals surface area contributed by atoms with Gasteiger partial charge in [-0.25, -0.2) is 0 Å². The Kier molecular flexibility index (Phi) is 170000. The largest absolute Gasteiger partial charge is 6.00 e. The summed E-state index contributed by atoms with van der Waals surface area (Å²) < 4.78 is 0. The molecule has 40 valence electrons. The van der Waals surface area contributed by atoms with Crippen molar-refractivity contribution in [3.63, 3.8) is 0 Å². The number of hydrogen-bond donors (Lipinski definition) is 0. The van der Waals surface area contributed by atoms with Crippen LogP contribution in [0.15, 0.2) is 0 Å². The van der Waals surface area contributed by atoms with E-state index in [1.54, 1.807) is 0 Å². The topological polar surface area (TPSA) is 28.5 Å². The second kappa shape index (κ2) is 755. The van der Waals surface area contributed by atoms with Gasteiger partial charge in [0.15, 0.2) is 0 Å². The molecule has 6 heavy (non-hydrogen) atoms. The van der Waals surface area contributed by atoms with Crippen molar-refractivity contribution in [3.8, 4) is 0 Å². The second-order valence-electron chi connectivity index (χ2n) is 0. The second-order valence-corrected chi connectivity index (χ2v) is 0. The molecule has 0 amide bonds. The van der Waals surface area contributed by atoms with Crippen LogP contribution in [0.2, 0.25) is 0 Å². The van der Waals surface area contributed by atoms with Crippen LogP contribution in [0.1, 0.15) is 0 Å². The van der Waals surface area contributed by atoms with Gasteiger partial charge < -0.3 is 24.3 Å². The van der Waals surface area contributed by atoms with Gasteiger partial charge in [-0.2, -0.15) is 0 Å². The number of hydrogen-bond acceptors (Lipinski definition) is 0. The van der Waals surface area contributed by atoms with E-state index in [4.69, 9.17) is 0 Å². The third kappa shape index (κ3) is 365. The average Bonchev–Trinajstić information content (AvgIpc) is 0. The molecule has 0 saturated heterocycles. The van der Waals surface area contributed by atoms with Gasteiger partial charge in [-0.15, -0.1) is 0 Å². The molecule has 0 fully saturated rings. The molecule has 0 rings (SSSR count). The molecule has 0 N–H and O–H groups in total. The summed E-state index contributed by atoms with van der Waals surface area (Å²) in [5, 5.41) is 0. The zero-order valence-electron chi connectivity index (χ0n) is 2.33. The van der Waals surface area contributed by atoms with Crippen LogP contribution in [0.4, 0.5) is 0 Å². The molecule has 6 heteroatoms. The van der Waals surface area contributed by atoms with Crippen LogP contribution in [-0.4, -0.2) is 0 Å². The molecule has 1 nitrogen and oxygen atoms in total. The summed E-state index contributed by atoms with van der Waals surface area (Å²) in [6.07, 6.45) is 0. The summed E-state index contributed by atoms with van der Waals surface area (Å²) >= 11 is 0. The Hall–Kier alpha value is 0.368. The Morgan fingerprint density at radius 2 is 0.500 bits per heavy atom. The zero-order chi connectivity index (χ0) is 0. The Morgan fingerprint density at radius 3 is 0.500 bits per heavy atom. The first-order valence-corrected chi connectivity index (χ1v) is 0. The summed E-state index contributed by atoms with van der Waals surface area (Å²) in [6.45, 7) is 0. The monoisotopic (exact) mass is 276 g/mol. The molecule has 0 unspecified atom stereocenters. The molecule has 0 saturated carbocycles. The van der Waals surface area contributed by atoms with Gasteiger partial charge in [0, 0.05) is 0 Å². The molecule has 0 radical (unpaired) electrons. The normalized spacial score (nSPS) is 0. The maximum Gasteiger partial charge on any atom is 6.00 e. The first kappa shape index (κ1) is 1350. The Bertz CT molecular complexity index is 7.51. The van der Waals surface area contributed by atoms with E-state index in [9.17, 15) is 0 Å². The Morgan fingerprint density at radius 1 is 0.500 bits per heavy atom. The molecule has 0 aliphatic heterocycles. The van der Waals surface area contributed by atoms with Crippen LogP contribution in [0, 0.1) is 0 Å². The van der Waals surface area contributed by atoms with Crippen LogP contribution in [0.25, 0.3) is 0 Å². The van der Waals surface area contributed by atoms with Crippen molar-refractivity contribution in [2.45, 2.75) is 0 Å². The summed E-state index contributed by atoms with van der Waals surface area (Å²) in [6, 6.07) is 0. The third-order valence-electron chi connectivity index (χ3n) is 0. The Balaban J connectivity index is 0. The molecule has 0 spiro atoms. The summed E-state index contributed by atoms with van der Waals surface area (Å²) in [5.74, 6) is 0. The van der Waals surface area contributed by atoms with Crippen LogP contribution < -0.4 is 18.8 Å². The summed E-state index contributed by atoms with van der Waals surface area (Å²) in [4.78, 5) is 0. The number of halogens is 4. The van der Waals surface area contributed by atoms with Crippen LogP contribution in [0.5, 0.6) is 0 Å².